The lowest BCUT2D eigenvalue weighted by atomic mass is 10.1. The highest BCUT2D eigenvalue weighted by atomic mass is 32.1. The van der Waals surface area contributed by atoms with Crippen molar-refractivity contribution in [3.05, 3.63) is 65.1 Å². The maximum absolute atomic E-state index is 4.27. The van der Waals surface area contributed by atoms with E-state index in [2.05, 4.69) is 59.1 Å². The quantitative estimate of drug-likeness (QED) is 0.747. The Labute approximate surface area is 122 Å². The van der Waals surface area contributed by atoms with E-state index in [1.54, 1.807) is 17.5 Å². The number of hydrogen-bond acceptors (Lipinski definition) is 3. The molecule has 1 unspecified atom stereocenters. The summed E-state index contributed by atoms with van der Waals surface area (Å²) in [5, 5.41) is 10.00. The summed E-state index contributed by atoms with van der Waals surface area (Å²) in [7, 11) is 0. The first-order valence-corrected chi connectivity index (χ1v) is 7.65. The van der Waals surface area contributed by atoms with Gasteiger partial charge < -0.3 is 5.32 Å². The van der Waals surface area contributed by atoms with E-state index in [4.69, 9.17) is 0 Å². The molecule has 0 aliphatic rings. The van der Waals surface area contributed by atoms with Gasteiger partial charge in [-0.2, -0.15) is 5.10 Å². The molecule has 0 aliphatic heterocycles. The molecule has 0 bridgehead atoms. The maximum atomic E-state index is 4.27. The van der Waals surface area contributed by atoms with Crippen LogP contribution >= 0.6 is 11.3 Å². The molecule has 0 spiro atoms. The minimum absolute atomic E-state index is 0.364. The second-order valence-electron chi connectivity index (χ2n) is 4.62. The molecule has 2 heterocycles. The van der Waals surface area contributed by atoms with Crippen LogP contribution in [0.1, 0.15) is 24.3 Å². The smallest absolute Gasteiger partial charge is 0.0666 e. The van der Waals surface area contributed by atoms with Gasteiger partial charge in [0.2, 0.25) is 0 Å². The molecule has 2 aromatic heterocycles. The summed E-state index contributed by atoms with van der Waals surface area (Å²) in [5.74, 6) is 0. The molecule has 0 fully saturated rings. The number of nitrogens with zero attached hydrogens (tertiary/aromatic N) is 2. The molecule has 102 valence electrons. The van der Waals surface area contributed by atoms with Gasteiger partial charge in [0.1, 0.15) is 0 Å². The normalized spacial score (nSPS) is 12.2. The summed E-state index contributed by atoms with van der Waals surface area (Å²) >= 11 is 1.80. The summed E-state index contributed by atoms with van der Waals surface area (Å²) in [6.07, 6.45) is 4.81. The van der Waals surface area contributed by atoms with Crippen LogP contribution in [0.15, 0.2) is 60.2 Å². The van der Waals surface area contributed by atoms with Crippen LogP contribution in [0.5, 0.6) is 0 Å². The number of nitrogens with one attached hydrogen (secondary N) is 1. The Kier molecular flexibility index (Phi) is 3.83. The molecule has 20 heavy (non-hydrogen) atoms. The molecule has 1 N–H and O–H groups in total. The highest BCUT2D eigenvalue weighted by Gasteiger charge is 2.10. The Balaban J connectivity index is 1.82. The molecular formula is C16H17N3S. The number of aromatic nitrogens is 2. The van der Waals surface area contributed by atoms with Crippen LogP contribution < -0.4 is 5.32 Å². The number of hydrogen-bond donors (Lipinski definition) is 1. The van der Waals surface area contributed by atoms with Crippen molar-refractivity contribution in [3.63, 3.8) is 0 Å². The Morgan fingerprint density at radius 3 is 2.90 bits per heavy atom. The van der Waals surface area contributed by atoms with Gasteiger partial charge in [0.15, 0.2) is 0 Å². The predicted octanol–water partition coefficient (Wildman–Crippen LogP) is 4.50. The molecule has 0 saturated carbocycles. The molecule has 0 radical (unpaired) electrons. The van der Waals surface area contributed by atoms with Gasteiger partial charge in [0.05, 0.1) is 11.7 Å². The van der Waals surface area contributed by atoms with Crippen molar-refractivity contribution in [2.45, 2.75) is 19.4 Å². The van der Waals surface area contributed by atoms with Crippen LogP contribution in [0.4, 0.5) is 5.69 Å². The van der Waals surface area contributed by atoms with Crippen molar-refractivity contribution < 1.29 is 0 Å². The summed E-state index contributed by atoms with van der Waals surface area (Å²) < 4.78 is 1.87. The van der Waals surface area contributed by atoms with Gasteiger partial charge in [-0.15, -0.1) is 11.3 Å². The minimum atomic E-state index is 0.364. The van der Waals surface area contributed by atoms with Crippen LogP contribution in [0.3, 0.4) is 0 Å². The Morgan fingerprint density at radius 2 is 2.20 bits per heavy atom. The molecule has 0 saturated heterocycles. The SMILES string of the molecule is CCC(Nc1cccc(-n2cccn2)c1)c1cccs1. The van der Waals surface area contributed by atoms with Crippen molar-refractivity contribution in [1.29, 1.82) is 0 Å². The lowest BCUT2D eigenvalue weighted by Gasteiger charge is -2.17. The fraction of sp³-hybridized carbons (Fsp3) is 0.188. The standard InChI is InChI=1S/C16H17N3S/c1-2-15(16-8-4-11-20-16)18-13-6-3-7-14(12-13)19-10-5-9-17-19/h3-12,15,18H,2H2,1H3. The average molecular weight is 283 g/mol. The van der Waals surface area contributed by atoms with Crippen molar-refractivity contribution in [2.75, 3.05) is 5.32 Å². The second kappa shape index (κ2) is 5.92. The van der Waals surface area contributed by atoms with Gasteiger partial charge in [-0.1, -0.05) is 19.1 Å². The third kappa shape index (κ3) is 2.75. The van der Waals surface area contributed by atoms with Crippen LogP contribution in [0.25, 0.3) is 5.69 Å². The van der Waals surface area contributed by atoms with E-state index in [9.17, 15) is 0 Å². The van der Waals surface area contributed by atoms with Gasteiger partial charge in [-0.3, -0.25) is 0 Å². The average Bonchev–Trinajstić information content (AvgIpc) is 3.17. The van der Waals surface area contributed by atoms with Crippen LogP contribution in [-0.2, 0) is 0 Å². The summed E-state index contributed by atoms with van der Waals surface area (Å²) in [4.78, 5) is 1.37. The number of rotatable bonds is 5. The van der Waals surface area contributed by atoms with Crippen LogP contribution in [-0.4, -0.2) is 9.78 Å². The topological polar surface area (TPSA) is 29.9 Å². The van der Waals surface area contributed by atoms with E-state index >= 15 is 0 Å². The fourth-order valence-corrected chi connectivity index (χ4v) is 3.09. The first-order valence-electron chi connectivity index (χ1n) is 6.77. The molecule has 0 aliphatic carbocycles. The van der Waals surface area contributed by atoms with Gasteiger partial charge in [0, 0.05) is 23.0 Å². The highest BCUT2D eigenvalue weighted by molar-refractivity contribution is 7.10. The first-order chi connectivity index (χ1) is 9.86. The zero-order valence-electron chi connectivity index (χ0n) is 11.4. The third-order valence-corrected chi connectivity index (χ3v) is 4.24. The molecule has 3 rings (SSSR count). The third-order valence-electron chi connectivity index (χ3n) is 3.25. The molecule has 3 nitrogen and oxygen atoms in total. The van der Waals surface area contributed by atoms with Crippen molar-refractivity contribution in [1.82, 2.24) is 9.78 Å². The number of anilines is 1. The van der Waals surface area contributed by atoms with Crippen molar-refractivity contribution in [3.8, 4) is 5.69 Å². The van der Waals surface area contributed by atoms with E-state index in [0.717, 1.165) is 17.8 Å². The summed E-state index contributed by atoms with van der Waals surface area (Å²) in [6.45, 7) is 2.20. The lowest BCUT2D eigenvalue weighted by Crippen LogP contribution is -2.08. The van der Waals surface area contributed by atoms with E-state index < -0.39 is 0 Å². The fourth-order valence-electron chi connectivity index (χ4n) is 2.22. The Morgan fingerprint density at radius 1 is 1.25 bits per heavy atom. The molecular weight excluding hydrogens is 266 g/mol. The number of benzene rings is 1. The highest BCUT2D eigenvalue weighted by Crippen LogP contribution is 2.26. The van der Waals surface area contributed by atoms with Gasteiger partial charge in [-0.05, 0) is 42.1 Å². The predicted molar refractivity (Wildman–Crippen MR) is 84.5 cm³/mol. The molecule has 1 atom stereocenters. The molecule has 3 aromatic rings. The van der Waals surface area contributed by atoms with Gasteiger partial charge >= 0.3 is 0 Å². The molecule has 1 aromatic carbocycles. The largest absolute Gasteiger partial charge is 0.377 e. The van der Waals surface area contributed by atoms with Gasteiger partial charge in [0.25, 0.3) is 0 Å². The Hall–Kier alpha value is -2.07. The molecule has 4 heteroatoms. The van der Waals surface area contributed by atoms with Crippen molar-refractivity contribution in [2.24, 2.45) is 0 Å². The second-order valence-corrected chi connectivity index (χ2v) is 5.60. The summed E-state index contributed by atoms with van der Waals surface area (Å²) in [5.41, 5.74) is 2.19. The summed E-state index contributed by atoms with van der Waals surface area (Å²) in [6, 6.07) is 14.9. The van der Waals surface area contributed by atoms with Gasteiger partial charge in [-0.25, -0.2) is 4.68 Å². The zero-order valence-corrected chi connectivity index (χ0v) is 12.2. The van der Waals surface area contributed by atoms with Crippen LogP contribution in [0, 0.1) is 0 Å². The monoisotopic (exact) mass is 283 g/mol. The molecule has 0 amide bonds. The number of thiophene rings is 1. The zero-order chi connectivity index (χ0) is 13.8. The van der Waals surface area contributed by atoms with E-state index in [0.29, 0.717) is 6.04 Å². The van der Waals surface area contributed by atoms with E-state index in [1.807, 2.05) is 16.9 Å². The van der Waals surface area contributed by atoms with Crippen LogP contribution in [0.2, 0.25) is 0 Å². The Bertz CT molecular complexity index is 644. The maximum Gasteiger partial charge on any atom is 0.0666 e. The van der Waals surface area contributed by atoms with E-state index in [-0.39, 0.29) is 0 Å². The minimum Gasteiger partial charge on any atom is -0.377 e. The first kappa shape index (κ1) is 12.9. The van der Waals surface area contributed by atoms with Crippen molar-refractivity contribution >= 4 is 17.0 Å². The lowest BCUT2D eigenvalue weighted by molar-refractivity contribution is 0.763. The van der Waals surface area contributed by atoms with E-state index in [1.165, 1.54) is 4.88 Å².